The minimum Gasteiger partial charge on any atom is -0.462 e. The number of rotatable bonds is 3. The van der Waals surface area contributed by atoms with Crippen LogP contribution in [0.1, 0.15) is 55.5 Å². The fraction of sp³-hybridized carbons (Fsp3) is 0.611. The van der Waals surface area contributed by atoms with Crippen molar-refractivity contribution in [1.82, 2.24) is 9.55 Å². The maximum Gasteiger partial charge on any atom is 0.319 e. The van der Waals surface area contributed by atoms with Gasteiger partial charge in [-0.25, -0.2) is 4.98 Å². The number of ether oxygens (including phenoxy) is 1. The number of esters is 1. The van der Waals surface area contributed by atoms with E-state index < -0.39 is 0 Å². The molecule has 2 fully saturated rings. The molecule has 1 saturated heterocycles. The van der Waals surface area contributed by atoms with Crippen molar-refractivity contribution in [2.45, 2.75) is 75.4 Å². The highest BCUT2D eigenvalue weighted by Gasteiger charge is 2.35. The van der Waals surface area contributed by atoms with E-state index in [1.807, 2.05) is 25.3 Å². The Kier molecular flexibility index (Phi) is 4.40. The van der Waals surface area contributed by atoms with Gasteiger partial charge in [-0.05, 0) is 39.2 Å². The van der Waals surface area contributed by atoms with Crippen molar-refractivity contribution in [2.24, 2.45) is 0 Å². The number of carbonyl (C=O) groups is 1. The van der Waals surface area contributed by atoms with E-state index in [1.165, 1.54) is 11.8 Å². The van der Waals surface area contributed by atoms with Crippen molar-refractivity contribution in [2.75, 3.05) is 0 Å². The molecule has 3 heterocycles. The molecule has 0 aromatic carbocycles. The number of aryl methyl sites for hydroxylation is 2. The Morgan fingerprint density at radius 3 is 2.60 bits per heavy atom. The van der Waals surface area contributed by atoms with Crippen LogP contribution in [0.25, 0.3) is 10.2 Å². The molecule has 7 heteroatoms. The Labute approximate surface area is 154 Å². The average molecular weight is 379 g/mol. The van der Waals surface area contributed by atoms with Gasteiger partial charge in [-0.2, -0.15) is 0 Å². The Balaban J connectivity index is 1.85. The van der Waals surface area contributed by atoms with E-state index in [1.54, 1.807) is 11.3 Å². The van der Waals surface area contributed by atoms with Gasteiger partial charge in [-0.1, -0.05) is 24.6 Å². The highest BCUT2D eigenvalue weighted by Crippen LogP contribution is 2.37. The normalized spacial score (nSPS) is 24.4. The minimum atomic E-state index is -0.269. The van der Waals surface area contributed by atoms with Gasteiger partial charge in [0.1, 0.15) is 16.2 Å². The molecule has 4 rings (SSSR count). The summed E-state index contributed by atoms with van der Waals surface area (Å²) in [5.74, 6) is -0.191. The van der Waals surface area contributed by atoms with Crippen molar-refractivity contribution in [1.29, 1.82) is 0 Å². The molecule has 25 heavy (non-hydrogen) atoms. The summed E-state index contributed by atoms with van der Waals surface area (Å²) in [6.07, 6.45) is 4.91. The molecule has 0 radical (unpaired) electrons. The molecular formula is C18H22N2O3S2. The first-order valence-electron chi connectivity index (χ1n) is 8.85. The van der Waals surface area contributed by atoms with Crippen molar-refractivity contribution in [3.8, 4) is 0 Å². The first-order valence-corrected chi connectivity index (χ1v) is 10.5. The monoisotopic (exact) mass is 378 g/mol. The van der Waals surface area contributed by atoms with Crippen molar-refractivity contribution in [3.05, 3.63) is 20.8 Å². The van der Waals surface area contributed by atoms with Crippen LogP contribution in [0.5, 0.6) is 0 Å². The van der Waals surface area contributed by atoms with E-state index in [4.69, 9.17) is 9.72 Å². The molecule has 0 bridgehead atoms. The number of fused-ring (bicyclic) bond motifs is 1. The molecule has 0 spiro atoms. The second-order valence-electron chi connectivity index (χ2n) is 7.06. The fourth-order valence-electron chi connectivity index (χ4n) is 3.80. The zero-order valence-electron chi connectivity index (χ0n) is 14.7. The van der Waals surface area contributed by atoms with Gasteiger partial charge in [0.2, 0.25) is 0 Å². The van der Waals surface area contributed by atoms with Crippen LogP contribution < -0.4 is 5.56 Å². The van der Waals surface area contributed by atoms with E-state index in [9.17, 15) is 9.59 Å². The second kappa shape index (κ2) is 6.43. The van der Waals surface area contributed by atoms with Crippen molar-refractivity contribution >= 4 is 39.3 Å². The Morgan fingerprint density at radius 2 is 1.96 bits per heavy atom. The minimum absolute atomic E-state index is 0.0562. The quantitative estimate of drug-likeness (QED) is 0.597. The molecule has 1 aliphatic heterocycles. The Hall–Kier alpha value is -1.34. The van der Waals surface area contributed by atoms with Crippen molar-refractivity contribution in [3.63, 3.8) is 0 Å². The number of nitrogens with zero attached hydrogens (tertiary/aromatic N) is 2. The molecule has 2 aromatic rings. The summed E-state index contributed by atoms with van der Waals surface area (Å²) in [6.45, 7) is 5.94. The predicted octanol–water partition coefficient (Wildman–Crippen LogP) is 3.99. The Bertz CT molecular complexity index is 896. The molecule has 0 unspecified atom stereocenters. The van der Waals surface area contributed by atoms with Crippen LogP contribution in [0.15, 0.2) is 9.95 Å². The first kappa shape index (κ1) is 17.1. The molecule has 134 valence electrons. The molecule has 5 nitrogen and oxygen atoms in total. The molecule has 1 saturated carbocycles. The van der Waals surface area contributed by atoms with Gasteiger partial charge < -0.3 is 4.74 Å². The maximum absolute atomic E-state index is 13.3. The first-order chi connectivity index (χ1) is 12.0. The number of thiophene rings is 1. The predicted molar refractivity (Wildman–Crippen MR) is 101 cm³/mol. The lowest BCUT2D eigenvalue weighted by Crippen LogP contribution is -2.27. The van der Waals surface area contributed by atoms with Gasteiger partial charge in [0, 0.05) is 17.3 Å². The summed E-state index contributed by atoms with van der Waals surface area (Å²) in [5, 5.41) is 1.16. The molecule has 0 N–H and O–H groups in total. The van der Waals surface area contributed by atoms with E-state index in [0.29, 0.717) is 11.6 Å². The van der Waals surface area contributed by atoms with E-state index in [0.717, 1.165) is 46.3 Å². The maximum atomic E-state index is 13.3. The number of cyclic esters (lactones) is 1. The Morgan fingerprint density at radius 1 is 1.24 bits per heavy atom. The lowest BCUT2D eigenvalue weighted by Gasteiger charge is -2.19. The molecular weight excluding hydrogens is 356 g/mol. The zero-order valence-corrected chi connectivity index (χ0v) is 16.3. The molecule has 2 atom stereocenters. The second-order valence-corrected chi connectivity index (χ2v) is 9.43. The third-order valence-corrected chi connectivity index (χ3v) is 7.54. The van der Waals surface area contributed by atoms with Gasteiger partial charge in [0.25, 0.3) is 5.56 Å². The van der Waals surface area contributed by atoms with Gasteiger partial charge in [-0.3, -0.25) is 14.2 Å². The number of hydrogen-bond acceptors (Lipinski definition) is 6. The van der Waals surface area contributed by atoms with Crippen LogP contribution >= 0.6 is 23.1 Å². The number of aromatic nitrogens is 2. The van der Waals surface area contributed by atoms with Crippen LogP contribution in [0.2, 0.25) is 0 Å². The van der Waals surface area contributed by atoms with E-state index in [2.05, 4.69) is 0 Å². The highest BCUT2D eigenvalue weighted by molar-refractivity contribution is 8.00. The number of thioether (sulfide) groups is 1. The van der Waals surface area contributed by atoms with Gasteiger partial charge >= 0.3 is 5.97 Å². The van der Waals surface area contributed by atoms with Gasteiger partial charge in [0.05, 0.1) is 5.39 Å². The summed E-state index contributed by atoms with van der Waals surface area (Å²) in [6, 6.07) is 0.196. The summed E-state index contributed by atoms with van der Waals surface area (Å²) < 4.78 is 7.15. The number of hydrogen-bond donors (Lipinski definition) is 0. The average Bonchev–Trinajstić information content (AvgIpc) is 3.23. The van der Waals surface area contributed by atoms with Crippen molar-refractivity contribution < 1.29 is 9.53 Å². The van der Waals surface area contributed by atoms with Crippen LogP contribution in [0.3, 0.4) is 0 Å². The van der Waals surface area contributed by atoms with Crippen LogP contribution in [-0.2, 0) is 9.53 Å². The smallest absolute Gasteiger partial charge is 0.319 e. The highest BCUT2D eigenvalue weighted by atomic mass is 32.2. The SMILES string of the molecule is Cc1sc2nc(S[C@H]3C[C@H](C)OC3=O)n(C3CCCC3)c(=O)c2c1C. The van der Waals surface area contributed by atoms with Gasteiger partial charge in [-0.15, -0.1) is 11.3 Å². The zero-order chi connectivity index (χ0) is 17.7. The lowest BCUT2D eigenvalue weighted by molar-refractivity contribution is -0.140. The summed E-state index contributed by atoms with van der Waals surface area (Å²) >= 11 is 2.97. The lowest BCUT2D eigenvalue weighted by atomic mass is 10.2. The van der Waals surface area contributed by atoms with Gasteiger partial charge in [0.15, 0.2) is 5.16 Å². The van der Waals surface area contributed by atoms with E-state index >= 15 is 0 Å². The standard InChI is InChI=1S/C18H22N2O3S2/c1-9-8-13(17(22)23-9)25-18-19-15-14(10(2)11(3)24-15)16(21)20(18)12-6-4-5-7-12/h9,12-13H,4-8H2,1-3H3/t9-,13-/m0/s1. The topological polar surface area (TPSA) is 61.2 Å². The third kappa shape index (κ3) is 2.91. The van der Waals surface area contributed by atoms with Crippen LogP contribution in [0.4, 0.5) is 0 Å². The molecule has 2 aromatic heterocycles. The fourth-order valence-corrected chi connectivity index (χ4v) is 6.14. The largest absolute Gasteiger partial charge is 0.462 e. The molecule has 1 aliphatic carbocycles. The molecule has 0 amide bonds. The van der Waals surface area contributed by atoms with Crippen LogP contribution in [-0.4, -0.2) is 26.9 Å². The van der Waals surface area contributed by atoms with Crippen LogP contribution in [0, 0.1) is 13.8 Å². The third-order valence-electron chi connectivity index (χ3n) is 5.27. The summed E-state index contributed by atoms with van der Waals surface area (Å²) in [4.78, 5) is 32.1. The summed E-state index contributed by atoms with van der Waals surface area (Å²) in [7, 11) is 0. The summed E-state index contributed by atoms with van der Waals surface area (Å²) in [5.41, 5.74) is 1.09. The number of carbonyl (C=O) groups excluding carboxylic acids is 1. The molecule has 2 aliphatic rings. The van der Waals surface area contributed by atoms with E-state index in [-0.39, 0.29) is 28.9 Å².